The molecule has 0 fully saturated rings. The van der Waals surface area contributed by atoms with Crippen LogP contribution >= 0.6 is 11.6 Å². The van der Waals surface area contributed by atoms with E-state index in [0.717, 1.165) is 24.0 Å². The molecule has 0 bridgehead atoms. The summed E-state index contributed by atoms with van der Waals surface area (Å²) in [7, 11) is 0. The lowest BCUT2D eigenvalue weighted by molar-refractivity contribution is 0.515. The molecule has 0 saturated heterocycles. The molecular weight excluding hydrogens is 224 g/mol. The molecule has 0 N–H and O–H groups in total. The zero-order chi connectivity index (χ0) is 11.1. The zero-order valence-electron chi connectivity index (χ0n) is 8.50. The van der Waals surface area contributed by atoms with E-state index in [9.17, 15) is 4.79 Å². The highest BCUT2D eigenvalue weighted by Crippen LogP contribution is 2.33. The third-order valence-electron chi connectivity index (χ3n) is 2.91. The maximum Gasteiger partial charge on any atom is 0.355 e. The first-order valence-corrected chi connectivity index (χ1v) is 5.54. The lowest BCUT2D eigenvalue weighted by Gasteiger charge is -2.17. The first kappa shape index (κ1) is 9.67. The Morgan fingerprint density at radius 2 is 1.88 bits per heavy atom. The number of hydrogen-bond donors (Lipinski definition) is 0. The second-order valence-electron chi connectivity index (χ2n) is 3.89. The van der Waals surface area contributed by atoms with Crippen LogP contribution in [0, 0.1) is 0 Å². The predicted molar refractivity (Wildman–Crippen MR) is 62.8 cm³/mol. The lowest BCUT2D eigenvalue weighted by atomic mass is 9.90. The van der Waals surface area contributed by atoms with E-state index in [-0.39, 0.29) is 5.02 Å². The fourth-order valence-corrected chi connectivity index (χ4v) is 2.30. The highest BCUT2D eigenvalue weighted by atomic mass is 35.5. The first-order valence-electron chi connectivity index (χ1n) is 5.16. The summed E-state index contributed by atoms with van der Waals surface area (Å²) in [6, 6.07) is 9.70. The quantitative estimate of drug-likeness (QED) is 0.699. The second kappa shape index (κ2) is 3.49. The Morgan fingerprint density at radius 3 is 2.75 bits per heavy atom. The van der Waals surface area contributed by atoms with Crippen molar-refractivity contribution >= 4 is 11.6 Å². The molecule has 1 aromatic heterocycles. The average molecular weight is 233 g/mol. The van der Waals surface area contributed by atoms with Crippen LogP contribution in [0.5, 0.6) is 0 Å². The molecule has 3 rings (SSSR count). The van der Waals surface area contributed by atoms with Gasteiger partial charge in [0.25, 0.3) is 0 Å². The summed E-state index contributed by atoms with van der Waals surface area (Å²) in [4.78, 5) is 11.4. The number of rotatable bonds is 0. The van der Waals surface area contributed by atoms with E-state index in [2.05, 4.69) is 6.07 Å². The first-order chi connectivity index (χ1) is 7.75. The summed E-state index contributed by atoms with van der Waals surface area (Å²) in [5, 5.41) is 0.165. The zero-order valence-corrected chi connectivity index (χ0v) is 9.25. The highest BCUT2D eigenvalue weighted by molar-refractivity contribution is 6.30. The third-order valence-corrected chi connectivity index (χ3v) is 3.17. The van der Waals surface area contributed by atoms with Crippen LogP contribution < -0.4 is 5.63 Å². The van der Waals surface area contributed by atoms with E-state index in [1.54, 1.807) is 6.07 Å². The number of benzene rings is 1. The van der Waals surface area contributed by atoms with E-state index in [0.29, 0.717) is 5.76 Å². The largest absolute Gasteiger partial charge is 0.421 e. The van der Waals surface area contributed by atoms with E-state index >= 15 is 0 Å². The number of hydrogen-bond acceptors (Lipinski definition) is 2. The van der Waals surface area contributed by atoms with Crippen molar-refractivity contribution in [3.05, 3.63) is 56.9 Å². The van der Waals surface area contributed by atoms with Gasteiger partial charge >= 0.3 is 5.63 Å². The normalized spacial score (nSPS) is 13.1. The van der Waals surface area contributed by atoms with Gasteiger partial charge in [-0.05, 0) is 30.0 Å². The van der Waals surface area contributed by atoms with Gasteiger partial charge in [0.05, 0.1) is 0 Å². The minimum Gasteiger partial charge on any atom is -0.421 e. The monoisotopic (exact) mass is 232 g/mol. The molecule has 0 spiro atoms. The van der Waals surface area contributed by atoms with Gasteiger partial charge in [0.15, 0.2) is 0 Å². The van der Waals surface area contributed by atoms with Crippen molar-refractivity contribution in [3.8, 4) is 11.3 Å². The number of aryl methyl sites for hydroxylation is 2. The van der Waals surface area contributed by atoms with Crippen molar-refractivity contribution in [2.24, 2.45) is 0 Å². The predicted octanol–water partition coefficient (Wildman–Crippen LogP) is 3.06. The summed E-state index contributed by atoms with van der Waals surface area (Å²) >= 11 is 5.77. The van der Waals surface area contributed by atoms with Gasteiger partial charge in [-0.2, -0.15) is 0 Å². The smallest absolute Gasteiger partial charge is 0.355 e. The van der Waals surface area contributed by atoms with Gasteiger partial charge in [0.1, 0.15) is 10.8 Å². The Bertz CT molecular complexity index is 614. The van der Waals surface area contributed by atoms with Crippen molar-refractivity contribution < 1.29 is 4.42 Å². The minimum absolute atomic E-state index is 0.165. The van der Waals surface area contributed by atoms with Gasteiger partial charge < -0.3 is 4.42 Å². The van der Waals surface area contributed by atoms with Crippen molar-refractivity contribution in [1.29, 1.82) is 0 Å². The van der Waals surface area contributed by atoms with Crippen molar-refractivity contribution in [2.75, 3.05) is 0 Å². The molecule has 0 aliphatic heterocycles. The maximum atomic E-state index is 11.4. The summed E-state index contributed by atoms with van der Waals surface area (Å²) in [5.41, 5.74) is 2.79. The van der Waals surface area contributed by atoms with Crippen molar-refractivity contribution in [1.82, 2.24) is 0 Å². The van der Waals surface area contributed by atoms with Crippen LogP contribution in [-0.2, 0) is 12.8 Å². The topological polar surface area (TPSA) is 30.2 Å². The SMILES string of the molecule is O=c1oc2c(cc1Cl)CCc1ccccc1-2. The van der Waals surface area contributed by atoms with Gasteiger partial charge in [0.2, 0.25) is 0 Å². The summed E-state index contributed by atoms with van der Waals surface area (Å²) in [6.07, 6.45) is 1.84. The maximum absolute atomic E-state index is 11.4. The Balaban J connectivity index is 2.32. The Hall–Kier alpha value is -1.54. The molecule has 16 heavy (non-hydrogen) atoms. The number of fused-ring (bicyclic) bond motifs is 3. The van der Waals surface area contributed by atoms with E-state index in [1.807, 2.05) is 18.2 Å². The molecule has 0 atom stereocenters. The summed E-state index contributed by atoms with van der Waals surface area (Å²) < 4.78 is 5.27. The van der Waals surface area contributed by atoms with Gasteiger partial charge in [-0.25, -0.2) is 4.79 Å². The van der Waals surface area contributed by atoms with Crippen LogP contribution in [0.1, 0.15) is 11.1 Å². The minimum atomic E-state index is -0.461. The standard InChI is InChI=1S/C13H9ClO2/c14-11-7-9-6-5-8-3-1-2-4-10(8)12(9)16-13(11)15/h1-4,7H,5-6H2. The molecule has 0 amide bonds. The lowest BCUT2D eigenvalue weighted by Crippen LogP contribution is -2.09. The van der Waals surface area contributed by atoms with Gasteiger partial charge in [-0.15, -0.1) is 0 Å². The van der Waals surface area contributed by atoms with Gasteiger partial charge in [-0.1, -0.05) is 35.9 Å². The molecule has 0 unspecified atom stereocenters. The molecule has 2 nitrogen and oxygen atoms in total. The second-order valence-corrected chi connectivity index (χ2v) is 4.30. The fourth-order valence-electron chi connectivity index (χ4n) is 2.13. The molecular formula is C13H9ClO2. The van der Waals surface area contributed by atoms with Gasteiger partial charge in [-0.3, -0.25) is 0 Å². The molecule has 1 aliphatic carbocycles. The van der Waals surface area contributed by atoms with Crippen molar-refractivity contribution in [3.63, 3.8) is 0 Å². The van der Waals surface area contributed by atoms with Crippen LogP contribution in [0.4, 0.5) is 0 Å². The summed E-state index contributed by atoms with van der Waals surface area (Å²) in [6.45, 7) is 0. The Kier molecular flexibility index (Phi) is 2.11. The van der Waals surface area contributed by atoms with Crippen LogP contribution in [0.25, 0.3) is 11.3 Å². The molecule has 1 aliphatic rings. The third kappa shape index (κ3) is 1.38. The van der Waals surface area contributed by atoms with Crippen LogP contribution in [0.15, 0.2) is 39.5 Å². The fraction of sp³-hybridized carbons (Fsp3) is 0.154. The van der Waals surface area contributed by atoms with E-state index in [1.165, 1.54) is 5.56 Å². The van der Waals surface area contributed by atoms with Crippen LogP contribution in [0.3, 0.4) is 0 Å². The number of halogens is 1. The van der Waals surface area contributed by atoms with E-state index < -0.39 is 5.63 Å². The molecule has 1 heterocycles. The summed E-state index contributed by atoms with van der Waals surface area (Å²) in [5.74, 6) is 0.677. The average Bonchev–Trinajstić information content (AvgIpc) is 2.31. The molecule has 1 aromatic carbocycles. The van der Waals surface area contributed by atoms with Crippen molar-refractivity contribution in [2.45, 2.75) is 12.8 Å². The highest BCUT2D eigenvalue weighted by Gasteiger charge is 2.19. The molecule has 3 heteroatoms. The Labute approximate surface area is 97.5 Å². The molecule has 0 saturated carbocycles. The molecule has 0 radical (unpaired) electrons. The van der Waals surface area contributed by atoms with Gasteiger partial charge in [0, 0.05) is 5.56 Å². The van der Waals surface area contributed by atoms with Crippen LogP contribution in [0.2, 0.25) is 5.02 Å². The van der Waals surface area contributed by atoms with E-state index in [4.69, 9.17) is 16.0 Å². The molecule has 80 valence electrons. The molecule has 2 aromatic rings. The Morgan fingerprint density at radius 1 is 1.12 bits per heavy atom. The van der Waals surface area contributed by atoms with Crippen LogP contribution in [-0.4, -0.2) is 0 Å².